The van der Waals surface area contributed by atoms with Crippen molar-refractivity contribution < 1.29 is 28.5 Å². The summed E-state index contributed by atoms with van der Waals surface area (Å²) in [5, 5.41) is 0. The van der Waals surface area contributed by atoms with Gasteiger partial charge in [-0.05, 0) is 134 Å². The van der Waals surface area contributed by atoms with Crippen molar-refractivity contribution in [2.45, 2.75) is 44.9 Å². The molecule has 4 aromatic rings. The summed E-state index contributed by atoms with van der Waals surface area (Å²) in [5.74, 6) is 5.63. The van der Waals surface area contributed by atoms with E-state index in [0.717, 1.165) is 59.5 Å². The van der Waals surface area contributed by atoms with Gasteiger partial charge < -0.3 is 18.9 Å². The SMILES string of the molecule is C=C(C)C=O.C=CC=O.COc1ccc(Oc2ccc(C3(c4ccc(Oc5ccc(OC)cc5)cc4)CCC(C)CC3)cc2)cc1. The summed E-state index contributed by atoms with van der Waals surface area (Å²) < 4.78 is 22.6. The van der Waals surface area contributed by atoms with Crippen molar-refractivity contribution >= 4 is 12.6 Å². The van der Waals surface area contributed by atoms with Crippen molar-refractivity contribution in [3.63, 3.8) is 0 Å². The summed E-state index contributed by atoms with van der Waals surface area (Å²) in [6.07, 6.45) is 7.25. The fourth-order valence-corrected chi connectivity index (χ4v) is 5.24. The lowest BCUT2D eigenvalue weighted by atomic mass is 9.63. The first-order valence-electron chi connectivity index (χ1n) is 15.3. The molecule has 0 atom stereocenters. The third kappa shape index (κ3) is 10.2. The number of hydrogen-bond acceptors (Lipinski definition) is 6. The molecule has 6 nitrogen and oxygen atoms in total. The lowest BCUT2D eigenvalue weighted by Crippen LogP contribution is -2.32. The average molecular weight is 621 g/mol. The Hall–Kier alpha value is -5.10. The van der Waals surface area contributed by atoms with Gasteiger partial charge in [0, 0.05) is 5.41 Å². The molecule has 240 valence electrons. The standard InChI is InChI=1S/C33H34O4.C4H6O.C3H4O/c1-24-20-22-33(23-21-24,25-4-8-29(9-5-25)36-31-16-12-27(34-2)13-17-31)26-6-10-30(11-7-26)37-32-18-14-28(35-3)15-19-32;1-4(2)3-5;1-2-3-4/h4-19,24H,20-23H2,1-3H3;3H,1H2,2H3;2-3H,1H2. The van der Waals surface area contributed by atoms with Crippen molar-refractivity contribution in [3.8, 4) is 34.5 Å². The smallest absolute Gasteiger partial charge is 0.145 e. The average Bonchev–Trinajstić information content (AvgIpc) is 3.10. The van der Waals surface area contributed by atoms with Gasteiger partial charge in [-0.15, -0.1) is 0 Å². The van der Waals surface area contributed by atoms with Crippen LogP contribution in [0.15, 0.2) is 122 Å². The number of ether oxygens (including phenoxy) is 4. The Kier molecular flexibility index (Phi) is 13.9. The van der Waals surface area contributed by atoms with Crippen LogP contribution in [-0.2, 0) is 15.0 Å². The zero-order valence-corrected chi connectivity index (χ0v) is 27.2. The third-order valence-corrected chi connectivity index (χ3v) is 7.83. The molecule has 0 N–H and O–H groups in total. The zero-order valence-electron chi connectivity index (χ0n) is 27.2. The Morgan fingerprint density at radius 1 is 0.652 bits per heavy atom. The normalized spacial score (nSPS) is 13.3. The second-order valence-corrected chi connectivity index (χ2v) is 11.2. The molecular formula is C40H44O6. The molecule has 0 radical (unpaired) electrons. The maximum absolute atomic E-state index is 9.41. The van der Waals surface area contributed by atoms with E-state index in [0.29, 0.717) is 11.9 Å². The molecule has 0 saturated heterocycles. The van der Waals surface area contributed by atoms with Crippen LogP contribution < -0.4 is 18.9 Å². The Bertz CT molecular complexity index is 1410. The van der Waals surface area contributed by atoms with Crippen LogP contribution in [0.2, 0.25) is 0 Å². The van der Waals surface area contributed by atoms with E-state index < -0.39 is 0 Å². The lowest BCUT2D eigenvalue weighted by molar-refractivity contribution is -0.105. The summed E-state index contributed by atoms with van der Waals surface area (Å²) in [7, 11) is 3.33. The Balaban J connectivity index is 0.000000567. The highest BCUT2D eigenvalue weighted by Crippen LogP contribution is 2.47. The van der Waals surface area contributed by atoms with Gasteiger partial charge in [-0.3, -0.25) is 9.59 Å². The first-order chi connectivity index (χ1) is 22.3. The number of allylic oxidation sites excluding steroid dienone is 2. The van der Waals surface area contributed by atoms with Crippen molar-refractivity contribution in [2.24, 2.45) is 5.92 Å². The van der Waals surface area contributed by atoms with Gasteiger partial charge in [-0.2, -0.15) is 0 Å². The highest BCUT2D eigenvalue weighted by Gasteiger charge is 2.37. The van der Waals surface area contributed by atoms with E-state index in [1.165, 1.54) is 30.0 Å². The third-order valence-electron chi connectivity index (χ3n) is 7.83. The van der Waals surface area contributed by atoms with Gasteiger partial charge in [0.2, 0.25) is 0 Å². The Labute approximate surface area is 273 Å². The molecule has 0 spiro atoms. The van der Waals surface area contributed by atoms with Crippen LogP contribution >= 0.6 is 0 Å². The monoisotopic (exact) mass is 620 g/mol. The van der Waals surface area contributed by atoms with Crippen molar-refractivity contribution in [2.75, 3.05) is 14.2 Å². The quantitative estimate of drug-likeness (QED) is 0.130. The van der Waals surface area contributed by atoms with Crippen LogP contribution in [0.5, 0.6) is 34.5 Å². The molecule has 1 aliphatic carbocycles. The van der Waals surface area contributed by atoms with E-state index in [-0.39, 0.29) is 5.41 Å². The van der Waals surface area contributed by atoms with E-state index in [1.807, 2.05) is 48.5 Å². The molecule has 46 heavy (non-hydrogen) atoms. The zero-order chi connectivity index (χ0) is 33.4. The summed E-state index contributed by atoms with van der Waals surface area (Å²) in [5.41, 5.74) is 3.24. The number of methoxy groups -OCH3 is 2. The molecule has 5 rings (SSSR count). The second-order valence-electron chi connectivity index (χ2n) is 11.2. The second kappa shape index (κ2) is 18.0. The molecule has 0 bridgehead atoms. The maximum Gasteiger partial charge on any atom is 0.145 e. The fourth-order valence-electron chi connectivity index (χ4n) is 5.24. The fraction of sp³-hybridized carbons (Fsp3) is 0.250. The van der Waals surface area contributed by atoms with Crippen LogP contribution in [0.3, 0.4) is 0 Å². The Morgan fingerprint density at radius 3 is 1.20 bits per heavy atom. The number of carbonyl (C=O) groups is 2. The van der Waals surface area contributed by atoms with Crippen LogP contribution in [0, 0.1) is 5.92 Å². The summed E-state index contributed by atoms with van der Waals surface area (Å²) in [4.78, 5) is 18.5. The molecule has 0 aliphatic heterocycles. The molecule has 0 aromatic heterocycles. The van der Waals surface area contributed by atoms with Gasteiger partial charge in [0.25, 0.3) is 0 Å². The molecule has 1 saturated carbocycles. The van der Waals surface area contributed by atoms with Crippen molar-refractivity contribution in [3.05, 3.63) is 133 Å². The first-order valence-corrected chi connectivity index (χ1v) is 15.3. The molecule has 1 fully saturated rings. The van der Waals surface area contributed by atoms with Crippen molar-refractivity contribution in [1.29, 1.82) is 0 Å². The topological polar surface area (TPSA) is 71.1 Å². The van der Waals surface area contributed by atoms with Gasteiger partial charge in [-0.1, -0.05) is 44.3 Å². The van der Waals surface area contributed by atoms with Gasteiger partial charge in [0.15, 0.2) is 0 Å². The summed E-state index contributed by atoms with van der Waals surface area (Å²) in [6, 6.07) is 32.6. The van der Waals surface area contributed by atoms with Crippen LogP contribution in [-0.4, -0.2) is 26.8 Å². The largest absolute Gasteiger partial charge is 0.497 e. The molecule has 0 heterocycles. The molecule has 6 heteroatoms. The minimum absolute atomic E-state index is 0.0101. The van der Waals surface area contributed by atoms with Crippen LogP contribution in [0.4, 0.5) is 0 Å². The number of carbonyl (C=O) groups excluding carboxylic acids is 2. The molecule has 4 aromatic carbocycles. The lowest BCUT2D eigenvalue weighted by Gasteiger charge is -2.41. The number of rotatable bonds is 10. The molecular weight excluding hydrogens is 576 g/mol. The van der Waals surface area contributed by atoms with Gasteiger partial charge >= 0.3 is 0 Å². The highest BCUT2D eigenvalue weighted by molar-refractivity contribution is 5.70. The highest BCUT2D eigenvalue weighted by atomic mass is 16.5. The van der Waals surface area contributed by atoms with E-state index in [1.54, 1.807) is 21.1 Å². The minimum atomic E-state index is -0.0101. The number of hydrogen-bond donors (Lipinski definition) is 0. The van der Waals surface area contributed by atoms with Gasteiger partial charge in [-0.25, -0.2) is 0 Å². The van der Waals surface area contributed by atoms with Crippen LogP contribution in [0.25, 0.3) is 0 Å². The minimum Gasteiger partial charge on any atom is -0.497 e. The molecule has 0 unspecified atom stereocenters. The first kappa shape index (κ1) is 35.4. The predicted molar refractivity (Wildman–Crippen MR) is 185 cm³/mol. The summed E-state index contributed by atoms with van der Waals surface area (Å²) >= 11 is 0. The van der Waals surface area contributed by atoms with E-state index in [9.17, 15) is 4.79 Å². The van der Waals surface area contributed by atoms with Crippen LogP contribution in [0.1, 0.15) is 50.7 Å². The van der Waals surface area contributed by atoms with Gasteiger partial charge in [0.05, 0.1) is 14.2 Å². The Morgan fingerprint density at radius 2 is 0.935 bits per heavy atom. The predicted octanol–water partition coefficient (Wildman–Crippen LogP) is 9.92. The van der Waals surface area contributed by atoms with Crippen molar-refractivity contribution in [1.82, 2.24) is 0 Å². The number of aldehydes is 2. The molecule has 0 amide bonds. The van der Waals surface area contributed by atoms with E-state index in [2.05, 4.69) is 68.6 Å². The van der Waals surface area contributed by atoms with E-state index >= 15 is 0 Å². The van der Waals surface area contributed by atoms with E-state index in [4.69, 9.17) is 23.7 Å². The number of benzene rings is 4. The molecule has 1 aliphatic rings. The summed E-state index contributed by atoms with van der Waals surface area (Å²) in [6.45, 7) is 10.4. The maximum atomic E-state index is 9.41. The van der Waals surface area contributed by atoms with Gasteiger partial charge in [0.1, 0.15) is 47.1 Å².